The number of rotatable bonds is 2. The summed E-state index contributed by atoms with van der Waals surface area (Å²) in [5.74, 6) is -1.25. The van der Waals surface area contributed by atoms with E-state index in [4.69, 9.17) is 5.73 Å². The summed E-state index contributed by atoms with van der Waals surface area (Å²) in [7, 11) is 0. The smallest absolute Gasteiger partial charge is 0.149 e. The second kappa shape index (κ2) is 4.64. The molecule has 0 aliphatic carbocycles. The van der Waals surface area contributed by atoms with Crippen molar-refractivity contribution >= 4 is 17.1 Å². The van der Waals surface area contributed by atoms with Gasteiger partial charge in [0.25, 0.3) is 0 Å². The molecule has 0 saturated heterocycles. The molecule has 2 aromatic carbocycles. The van der Waals surface area contributed by atoms with E-state index >= 15 is 0 Å². The average Bonchev–Trinajstić information content (AvgIpc) is 2.29. The normalized spacial score (nSPS) is 10.4. The van der Waals surface area contributed by atoms with E-state index in [1.165, 1.54) is 12.1 Å². The van der Waals surface area contributed by atoms with E-state index in [1.54, 1.807) is 0 Å². The number of benzene rings is 2. The Hall–Kier alpha value is -2.10. The zero-order valence-corrected chi connectivity index (χ0v) is 10.2. The van der Waals surface area contributed by atoms with Crippen molar-refractivity contribution in [1.82, 2.24) is 0 Å². The van der Waals surface area contributed by atoms with E-state index in [9.17, 15) is 8.78 Å². The van der Waals surface area contributed by atoms with Crippen molar-refractivity contribution in [2.45, 2.75) is 13.8 Å². The number of hydrogen-bond donors (Lipinski definition) is 2. The lowest BCUT2D eigenvalue weighted by molar-refractivity contribution is 0.586. The highest BCUT2D eigenvalue weighted by Gasteiger charge is 2.07. The molecule has 18 heavy (non-hydrogen) atoms. The number of halogens is 2. The lowest BCUT2D eigenvalue weighted by Crippen LogP contribution is -2.00. The number of nitrogens with one attached hydrogen (secondary N) is 1. The van der Waals surface area contributed by atoms with Crippen LogP contribution in [-0.4, -0.2) is 0 Å². The first-order chi connectivity index (χ1) is 8.47. The minimum Gasteiger partial charge on any atom is -0.397 e. The summed E-state index contributed by atoms with van der Waals surface area (Å²) in [4.78, 5) is 0. The van der Waals surface area contributed by atoms with E-state index in [0.717, 1.165) is 17.2 Å². The first-order valence-corrected chi connectivity index (χ1v) is 5.56. The van der Waals surface area contributed by atoms with Gasteiger partial charge in [-0.2, -0.15) is 0 Å². The van der Waals surface area contributed by atoms with Gasteiger partial charge in [-0.05, 0) is 49.2 Å². The molecule has 3 N–H and O–H groups in total. The van der Waals surface area contributed by atoms with Gasteiger partial charge < -0.3 is 11.1 Å². The van der Waals surface area contributed by atoms with Gasteiger partial charge >= 0.3 is 0 Å². The molecule has 0 aromatic heterocycles. The molecule has 0 unspecified atom stereocenters. The lowest BCUT2D eigenvalue weighted by Gasteiger charge is -2.12. The SMILES string of the molecule is Cc1cc(N)c(Nc2ccc(F)cc2F)cc1C. The van der Waals surface area contributed by atoms with Crippen LogP contribution in [0, 0.1) is 25.5 Å². The summed E-state index contributed by atoms with van der Waals surface area (Å²) in [6, 6.07) is 7.04. The molecular formula is C14H14F2N2. The molecular weight excluding hydrogens is 234 g/mol. The first kappa shape index (κ1) is 12.4. The fraction of sp³-hybridized carbons (Fsp3) is 0.143. The van der Waals surface area contributed by atoms with E-state index in [2.05, 4.69) is 5.32 Å². The maximum Gasteiger partial charge on any atom is 0.149 e. The third-order valence-corrected chi connectivity index (χ3v) is 2.87. The van der Waals surface area contributed by atoms with Crippen LogP contribution in [-0.2, 0) is 0 Å². The standard InChI is InChI=1S/C14H14F2N2/c1-8-5-12(17)14(6-9(8)2)18-13-4-3-10(15)7-11(13)16/h3-7,18H,17H2,1-2H3. The quantitative estimate of drug-likeness (QED) is 0.791. The lowest BCUT2D eigenvalue weighted by atomic mass is 10.1. The molecule has 2 nitrogen and oxygen atoms in total. The summed E-state index contributed by atoms with van der Waals surface area (Å²) in [6.45, 7) is 3.90. The van der Waals surface area contributed by atoms with Gasteiger partial charge in [-0.15, -0.1) is 0 Å². The number of nitrogen functional groups attached to an aromatic ring is 1. The molecule has 0 heterocycles. The molecule has 0 fully saturated rings. The van der Waals surface area contributed by atoms with Crippen molar-refractivity contribution < 1.29 is 8.78 Å². The summed E-state index contributed by atoms with van der Waals surface area (Å²) < 4.78 is 26.3. The second-order valence-electron chi connectivity index (χ2n) is 4.27. The monoisotopic (exact) mass is 248 g/mol. The van der Waals surface area contributed by atoms with Gasteiger partial charge in [0.2, 0.25) is 0 Å². The largest absolute Gasteiger partial charge is 0.397 e. The van der Waals surface area contributed by atoms with Crippen LogP contribution in [0.25, 0.3) is 0 Å². The van der Waals surface area contributed by atoms with Crippen LogP contribution in [0.4, 0.5) is 25.8 Å². The number of anilines is 3. The van der Waals surface area contributed by atoms with Crippen LogP contribution in [0.5, 0.6) is 0 Å². The van der Waals surface area contributed by atoms with Crippen LogP contribution < -0.4 is 11.1 Å². The topological polar surface area (TPSA) is 38.0 Å². The molecule has 2 aromatic rings. The summed E-state index contributed by atoms with van der Waals surface area (Å²) >= 11 is 0. The van der Waals surface area contributed by atoms with Crippen LogP contribution in [0.3, 0.4) is 0 Å². The Bertz CT molecular complexity index is 595. The fourth-order valence-corrected chi connectivity index (χ4v) is 1.68. The zero-order chi connectivity index (χ0) is 13.3. The Morgan fingerprint density at radius 1 is 0.944 bits per heavy atom. The molecule has 0 atom stereocenters. The van der Waals surface area contributed by atoms with Crippen LogP contribution >= 0.6 is 0 Å². The third kappa shape index (κ3) is 2.42. The maximum atomic E-state index is 13.5. The molecule has 4 heteroatoms. The van der Waals surface area contributed by atoms with E-state index < -0.39 is 11.6 Å². The van der Waals surface area contributed by atoms with Crippen molar-refractivity contribution in [2.24, 2.45) is 0 Å². The third-order valence-electron chi connectivity index (χ3n) is 2.87. The highest BCUT2D eigenvalue weighted by Crippen LogP contribution is 2.27. The molecule has 0 saturated carbocycles. The fourth-order valence-electron chi connectivity index (χ4n) is 1.68. The molecule has 94 valence electrons. The molecule has 0 radical (unpaired) electrons. The Morgan fingerprint density at radius 3 is 2.28 bits per heavy atom. The van der Waals surface area contributed by atoms with Crippen molar-refractivity contribution in [2.75, 3.05) is 11.1 Å². The number of nitrogens with two attached hydrogens (primary N) is 1. The van der Waals surface area contributed by atoms with Gasteiger partial charge in [0.1, 0.15) is 11.6 Å². The Morgan fingerprint density at radius 2 is 1.61 bits per heavy atom. The van der Waals surface area contributed by atoms with E-state index in [-0.39, 0.29) is 5.69 Å². The number of hydrogen-bond acceptors (Lipinski definition) is 2. The molecule has 0 amide bonds. The molecule has 2 rings (SSSR count). The Kier molecular flexibility index (Phi) is 3.19. The van der Waals surface area contributed by atoms with Crippen molar-refractivity contribution in [3.8, 4) is 0 Å². The van der Waals surface area contributed by atoms with Gasteiger partial charge in [-0.3, -0.25) is 0 Å². The van der Waals surface area contributed by atoms with Crippen LogP contribution in [0.15, 0.2) is 30.3 Å². The van der Waals surface area contributed by atoms with E-state index in [1.807, 2.05) is 26.0 Å². The summed E-state index contributed by atoms with van der Waals surface area (Å²) in [5.41, 5.74) is 9.32. The summed E-state index contributed by atoms with van der Waals surface area (Å²) in [5, 5.41) is 2.87. The summed E-state index contributed by atoms with van der Waals surface area (Å²) in [6.07, 6.45) is 0. The Balaban J connectivity index is 2.37. The van der Waals surface area contributed by atoms with Crippen LogP contribution in [0.1, 0.15) is 11.1 Å². The molecule has 0 aliphatic rings. The Labute approximate surface area is 104 Å². The minimum atomic E-state index is -0.646. The minimum absolute atomic E-state index is 0.200. The highest BCUT2D eigenvalue weighted by molar-refractivity contribution is 5.74. The molecule has 0 bridgehead atoms. The van der Waals surface area contributed by atoms with Gasteiger partial charge in [-0.1, -0.05) is 0 Å². The molecule has 0 aliphatic heterocycles. The highest BCUT2D eigenvalue weighted by atomic mass is 19.1. The van der Waals surface area contributed by atoms with Crippen molar-refractivity contribution in [1.29, 1.82) is 0 Å². The van der Waals surface area contributed by atoms with Gasteiger partial charge in [0.05, 0.1) is 17.1 Å². The average molecular weight is 248 g/mol. The van der Waals surface area contributed by atoms with Gasteiger partial charge in [0, 0.05) is 6.07 Å². The van der Waals surface area contributed by atoms with Gasteiger partial charge in [0.15, 0.2) is 0 Å². The predicted octanol–water partition coefficient (Wildman–Crippen LogP) is 3.91. The predicted molar refractivity (Wildman–Crippen MR) is 70.0 cm³/mol. The van der Waals surface area contributed by atoms with Crippen molar-refractivity contribution in [3.63, 3.8) is 0 Å². The van der Waals surface area contributed by atoms with E-state index in [0.29, 0.717) is 11.4 Å². The second-order valence-corrected chi connectivity index (χ2v) is 4.27. The zero-order valence-electron chi connectivity index (χ0n) is 10.2. The number of aryl methyl sites for hydroxylation is 2. The molecule has 0 spiro atoms. The maximum absolute atomic E-state index is 13.5. The van der Waals surface area contributed by atoms with Crippen LogP contribution in [0.2, 0.25) is 0 Å². The first-order valence-electron chi connectivity index (χ1n) is 5.56. The van der Waals surface area contributed by atoms with Crippen molar-refractivity contribution in [3.05, 3.63) is 53.1 Å². The van der Waals surface area contributed by atoms with Gasteiger partial charge in [-0.25, -0.2) is 8.78 Å².